The topological polar surface area (TPSA) is 32.7 Å². The van der Waals surface area contributed by atoms with Gasteiger partial charge in [-0.15, -0.1) is 0 Å². The molecule has 0 radical (unpaired) electrons. The van der Waals surface area contributed by atoms with Crippen molar-refractivity contribution in [1.29, 1.82) is 0 Å². The number of para-hydroxylation sites is 1. The number of aliphatic hydroxyl groups excluding tert-OH is 1. The fourth-order valence-electron chi connectivity index (χ4n) is 1.98. The highest BCUT2D eigenvalue weighted by Crippen LogP contribution is 2.20. The lowest BCUT2D eigenvalue weighted by Crippen LogP contribution is -2.23. The summed E-state index contributed by atoms with van der Waals surface area (Å²) in [6.45, 7) is 0.552. The predicted octanol–water partition coefficient (Wildman–Crippen LogP) is 2.87. The SMILES string of the molecule is COc1ccc(C(O)CN(C)c2ccccc2)cc1. The third kappa shape index (κ3) is 3.48. The molecule has 3 nitrogen and oxygen atoms in total. The van der Waals surface area contributed by atoms with Gasteiger partial charge in [-0.05, 0) is 29.8 Å². The Morgan fingerprint density at radius 3 is 2.26 bits per heavy atom. The molecule has 100 valence electrons. The molecule has 0 amide bonds. The molecule has 19 heavy (non-hydrogen) atoms. The monoisotopic (exact) mass is 257 g/mol. The van der Waals surface area contributed by atoms with Gasteiger partial charge in [0, 0.05) is 19.3 Å². The second-order valence-electron chi connectivity index (χ2n) is 4.51. The number of likely N-dealkylation sites (N-methyl/N-ethyl adjacent to an activating group) is 1. The molecule has 0 aliphatic heterocycles. The summed E-state index contributed by atoms with van der Waals surface area (Å²) in [4.78, 5) is 2.04. The Morgan fingerprint density at radius 1 is 1.05 bits per heavy atom. The Morgan fingerprint density at radius 2 is 1.68 bits per heavy atom. The molecule has 1 unspecified atom stereocenters. The summed E-state index contributed by atoms with van der Waals surface area (Å²) in [6.07, 6.45) is -0.517. The van der Waals surface area contributed by atoms with E-state index in [9.17, 15) is 5.11 Å². The van der Waals surface area contributed by atoms with E-state index < -0.39 is 6.10 Å². The zero-order valence-corrected chi connectivity index (χ0v) is 11.3. The molecular formula is C16H19NO2. The van der Waals surface area contributed by atoms with Crippen molar-refractivity contribution in [3.05, 3.63) is 60.2 Å². The summed E-state index contributed by atoms with van der Waals surface area (Å²) >= 11 is 0. The minimum absolute atomic E-state index is 0.517. The Labute approximate surface area is 114 Å². The number of hydrogen-bond donors (Lipinski definition) is 1. The summed E-state index contributed by atoms with van der Waals surface area (Å²) in [6, 6.07) is 17.5. The average Bonchev–Trinajstić information content (AvgIpc) is 2.48. The Balaban J connectivity index is 2.02. The molecule has 3 heteroatoms. The van der Waals surface area contributed by atoms with Crippen molar-refractivity contribution < 1.29 is 9.84 Å². The fourth-order valence-corrected chi connectivity index (χ4v) is 1.98. The van der Waals surface area contributed by atoms with E-state index >= 15 is 0 Å². The van der Waals surface area contributed by atoms with Crippen molar-refractivity contribution in [2.45, 2.75) is 6.10 Å². The first-order valence-electron chi connectivity index (χ1n) is 6.29. The predicted molar refractivity (Wildman–Crippen MR) is 77.7 cm³/mol. The quantitative estimate of drug-likeness (QED) is 0.894. The third-order valence-corrected chi connectivity index (χ3v) is 3.14. The van der Waals surface area contributed by atoms with Crippen LogP contribution in [0.15, 0.2) is 54.6 Å². The van der Waals surface area contributed by atoms with E-state index in [1.165, 1.54) is 0 Å². The molecule has 1 atom stereocenters. The molecule has 0 aliphatic rings. The second-order valence-corrected chi connectivity index (χ2v) is 4.51. The van der Waals surface area contributed by atoms with E-state index in [2.05, 4.69) is 0 Å². The molecule has 2 aromatic rings. The van der Waals surface area contributed by atoms with Crippen LogP contribution in [0.2, 0.25) is 0 Å². The molecule has 1 N–H and O–H groups in total. The lowest BCUT2D eigenvalue weighted by Gasteiger charge is -2.23. The summed E-state index contributed by atoms with van der Waals surface area (Å²) in [5.41, 5.74) is 1.98. The Bertz CT molecular complexity index is 496. The minimum atomic E-state index is -0.517. The van der Waals surface area contributed by atoms with Crippen LogP contribution in [-0.2, 0) is 0 Å². The average molecular weight is 257 g/mol. The first kappa shape index (κ1) is 13.4. The summed E-state index contributed by atoms with van der Waals surface area (Å²) in [5.74, 6) is 0.798. The molecule has 0 saturated heterocycles. The number of anilines is 1. The molecule has 0 fully saturated rings. The molecule has 0 aliphatic carbocycles. The maximum atomic E-state index is 10.2. The molecule has 0 saturated carbocycles. The van der Waals surface area contributed by atoms with Crippen molar-refractivity contribution >= 4 is 5.69 Å². The van der Waals surface area contributed by atoms with Crippen molar-refractivity contribution in [1.82, 2.24) is 0 Å². The molecule has 0 bridgehead atoms. The normalized spacial score (nSPS) is 11.9. The minimum Gasteiger partial charge on any atom is -0.497 e. The zero-order chi connectivity index (χ0) is 13.7. The van der Waals surface area contributed by atoms with Gasteiger partial charge in [-0.3, -0.25) is 0 Å². The Hall–Kier alpha value is -2.00. The van der Waals surface area contributed by atoms with Crippen molar-refractivity contribution in [3.8, 4) is 5.75 Å². The van der Waals surface area contributed by atoms with Gasteiger partial charge >= 0.3 is 0 Å². The molecular weight excluding hydrogens is 238 g/mol. The summed E-state index contributed by atoms with van der Waals surface area (Å²) < 4.78 is 5.11. The standard InChI is InChI=1S/C16H19NO2/c1-17(14-6-4-3-5-7-14)12-16(18)13-8-10-15(19-2)11-9-13/h3-11,16,18H,12H2,1-2H3. The maximum Gasteiger partial charge on any atom is 0.118 e. The largest absolute Gasteiger partial charge is 0.497 e. The van der Waals surface area contributed by atoms with Crippen LogP contribution in [0.25, 0.3) is 0 Å². The maximum absolute atomic E-state index is 10.2. The fraction of sp³-hybridized carbons (Fsp3) is 0.250. The number of hydrogen-bond acceptors (Lipinski definition) is 3. The highest BCUT2D eigenvalue weighted by molar-refractivity contribution is 5.45. The van der Waals surface area contributed by atoms with Gasteiger partial charge in [-0.1, -0.05) is 30.3 Å². The van der Waals surface area contributed by atoms with Crippen LogP contribution < -0.4 is 9.64 Å². The van der Waals surface area contributed by atoms with Crippen molar-refractivity contribution in [3.63, 3.8) is 0 Å². The van der Waals surface area contributed by atoms with Crippen molar-refractivity contribution in [2.75, 3.05) is 25.6 Å². The highest BCUT2D eigenvalue weighted by atomic mass is 16.5. The van der Waals surface area contributed by atoms with Crippen LogP contribution in [0, 0.1) is 0 Å². The van der Waals surface area contributed by atoms with E-state index in [0.29, 0.717) is 6.54 Å². The van der Waals surface area contributed by atoms with Gasteiger partial charge in [-0.25, -0.2) is 0 Å². The van der Waals surface area contributed by atoms with Gasteiger partial charge < -0.3 is 14.7 Å². The van der Waals surface area contributed by atoms with E-state index in [0.717, 1.165) is 17.0 Å². The Kier molecular flexibility index (Phi) is 4.42. The van der Waals surface area contributed by atoms with Crippen LogP contribution in [0.3, 0.4) is 0 Å². The first-order chi connectivity index (χ1) is 9.20. The van der Waals surface area contributed by atoms with E-state index in [-0.39, 0.29) is 0 Å². The van der Waals surface area contributed by atoms with Crippen LogP contribution in [0.1, 0.15) is 11.7 Å². The lowest BCUT2D eigenvalue weighted by molar-refractivity contribution is 0.185. The van der Waals surface area contributed by atoms with Gasteiger partial charge in [0.25, 0.3) is 0 Å². The van der Waals surface area contributed by atoms with Crippen LogP contribution in [0.4, 0.5) is 5.69 Å². The zero-order valence-electron chi connectivity index (χ0n) is 11.3. The summed E-state index contributed by atoms with van der Waals surface area (Å²) in [5, 5.41) is 10.2. The molecule has 0 spiro atoms. The van der Waals surface area contributed by atoms with Crippen molar-refractivity contribution in [2.24, 2.45) is 0 Å². The summed E-state index contributed by atoms with van der Waals surface area (Å²) in [7, 11) is 3.61. The van der Waals surface area contributed by atoms with Crippen LogP contribution >= 0.6 is 0 Å². The molecule has 2 rings (SSSR count). The van der Waals surface area contributed by atoms with E-state index in [1.807, 2.05) is 66.5 Å². The lowest BCUT2D eigenvalue weighted by atomic mass is 10.1. The highest BCUT2D eigenvalue weighted by Gasteiger charge is 2.11. The molecule has 0 heterocycles. The molecule has 2 aromatic carbocycles. The number of methoxy groups -OCH3 is 1. The first-order valence-corrected chi connectivity index (χ1v) is 6.29. The number of rotatable bonds is 5. The van der Waals surface area contributed by atoms with Gasteiger partial charge in [0.2, 0.25) is 0 Å². The van der Waals surface area contributed by atoms with Gasteiger partial charge in [-0.2, -0.15) is 0 Å². The van der Waals surface area contributed by atoms with Crippen LogP contribution in [0.5, 0.6) is 5.75 Å². The second kappa shape index (κ2) is 6.25. The number of nitrogens with zero attached hydrogens (tertiary/aromatic N) is 1. The van der Waals surface area contributed by atoms with E-state index in [1.54, 1.807) is 7.11 Å². The van der Waals surface area contributed by atoms with Gasteiger partial charge in [0.1, 0.15) is 5.75 Å². The number of ether oxygens (including phenoxy) is 1. The van der Waals surface area contributed by atoms with Crippen LogP contribution in [-0.4, -0.2) is 25.8 Å². The van der Waals surface area contributed by atoms with Gasteiger partial charge in [0.05, 0.1) is 13.2 Å². The number of benzene rings is 2. The smallest absolute Gasteiger partial charge is 0.118 e. The van der Waals surface area contributed by atoms with E-state index in [4.69, 9.17) is 4.74 Å². The molecule has 0 aromatic heterocycles. The number of aliphatic hydroxyl groups is 1. The third-order valence-electron chi connectivity index (χ3n) is 3.14. The van der Waals surface area contributed by atoms with Gasteiger partial charge in [0.15, 0.2) is 0 Å².